The van der Waals surface area contributed by atoms with Crippen molar-refractivity contribution in [2.45, 2.75) is 13.0 Å². The summed E-state index contributed by atoms with van der Waals surface area (Å²) >= 11 is 0. The van der Waals surface area contributed by atoms with Gasteiger partial charge in [-0.15, -0.1) is 0 Å². The number of quaternary nitrogens is 1. The average molecular weight is 262 g/mol. The van der Waals surface area contributed by atoms with E-state index in [-0.39, 0.29) is 5.56 Å². The average Bonchev–Trinajstić information content (AvgIpc) is 2.42. The van der Waals surface area contributed by atoms with Crippen LogP contribution in [0.1, 0.15) is 11.1 Å². The van der Waals surface area contributed by atoms with Crippen molar-refractivity contribution in [2.24, 2.45) is 0 Å². The van der Waals surface area contributed by atoms with Crippen LogP contribution in [-0.2, 0) is 13.0 Å². The van der Waals surface area contributed by atoms with E-state index >= 15 is 0 Å². The van der Waals surface area contributed by atoms with Crippen molar-refractivity contribution in [3.8, 4) is 0 Å². The molecule has 1 unspecified atom stereocenters. The molecule has 1 nitrogen and oxygen atoms in total. The van der Waals surface area contributed by atoms with Gasteiger partial charge < -0.3 is 4.90 Å². The van der Waals surface area contributed by atoms with Crippen LogP contribution in [0.15, 0.2) is 48.5 Å². The molecular weight excluding hydrogens is 244 g/mol. The second-order valence-electron chi connectivity index (χ2n) is 4.82. The van der Waals surface area contributed by atoms with Gasteiger partial charge in [-0.2, -0.15) is 0 Å². The fraction of sp³-hybridized carbons (Fsp3) is 0.250. The molecule has 2 rings (SSSR count). The molecule has 1 N–H and O–H groups in total. The Balaban J connectivity index is 1.93. The Morgan fingerprint density at radius 1 is 0.895 bits per heavy atom. The second-order valence-corrected chi connectivity index (χ2v) is 4.82. The number of rotatable bonds is 5. The van der Waals surface area contributed by atoms with Crippen LogP contribution in [0.3, 0.4) is 0 Å². The number of halogens is 2. The van der Waals surface area contributed by atoms with E-state index in [0.29, 0.717) is 6.54 Å². The quantitative estimate of drug-likeness (QED) is 0.843. The maximum Gasteiger partial charge on any atom is 0.135 e. The lowest BCUT2D eigenvalue weighted by atomic mass is 10.1. The van der Waals surface area contributed by atoms with E-state index in [1.807, 2.05) is 25.2 Å². The van der Waals surface area contributed by atoms with Gasteiger partial charge in [0.05, 0.1) is 19.2 Å². The van der Waals surface area contributed by atoms with Gasteiger partial charge in [-0.25, -0.2) is 8.78 Å². The molecule has 0 saturated heterocycles. The zero-order valence-corrected chi connectivity index (χ0v) is 11.0. The van der Waals surface area contributed by atoms with Crippen molar-refractivity contribution in [3.63, 3.8) is 0 Å². The van der Waals surface area contributed by atoms with Crippen molar-refractivity contribution in [2.75, 3.05) is 13.6 Å². The van der Waals surface area contributed by atoms with E-state index in [9.17, 15) is 8.78 Å². The summed E-state index contributed by atoms with van der Waals surface area (Å²) in [5.74, 6) is -0.918. The van der Waals surface area contributed by atoms with Crippen LogP contribution in [-0.4, -0.2) is 13.6 Å². The van der Waals surface area contributed by atoms with Gasteiger partial charge in [0.15, 0.2) is 0 Å². The summed E-state index contributed by atoms with van der Waals surface area (Å²) in [5, 5.41) is 0. The smallest absolute Gasteiger partial charge is 0.135 e. The van der Waals surface area contributed by atoms with Crippen LogP contribution >= 0.6 is 0 Å². The standard InChI is InChI=1S/C16H17F2N/c1-19(11-10-13-6-3-2-4-7-13)12-14-15(17)8-5-9-16(14)18/h2-9H,10-12H2,1H3/p+1. The van der Waals surface area contributed by atoms with E-state index in [2.05, 4.69) is 12.1 Å². The Morgan fingerprint density at radius 2 is 1.53 bits per heavy atom. The SMILES string of the molecule is C[NH+](CCc1ccccc1)Cc1c(F)cccc1F. The number of likely N-dealkylation sites (N-methyl/N-ethyl adjacent to an activating group) is 1. The molecule has 0 spiro atoms. The molecule has 0 radical (unpaired) electrons. The predicted octanol–water partition coefficient (Wildman–Crippen LogP) is 2.22. The highest BCUT2D eigenvalue weighted by Crippen LogP contribution is 2.10. The maximum atomic E-state index is 13.5. The van der Waals surface area contributed by atoms with E-state index in [1.165, 1.54) is 23.8 Å². The van der Waals surface area contributed by atoms with Crippen LogP contribution in [0.2, 0.25) is 0 Å². The minimum Gasteiger partial charge on any atom is -0.333 e. The molecule has 0 aliphatic heterocycles. The molecule has 0 aliphatic carbocycles. The van der Waals surface area contributed by atoms with Gasteiger partial charge in [-0.1, -0.05) is 36.4 Å². The zero-order valence-electron chi connectivity index (χ0n) is 11.0. The summed E-state index contributed by atoms with van der Waals surface area (Å²) in [5.41, 5.74) is 1.42. The van der Waals surface area contributed by atoms with Gasteiger partial charge in [0.1, 0.15) is 18.2 Å². The molecule has 2 aromatic carbocycles. The first-order valence-electron chi connectivity index (χ1n) is 6.45. The Morgan fingerprint density at radius 3 is 2.16 bits per heavy atom. The third kappa shape index (κ3) is 3.86. The van der Waals surface area contributed by atoms with E-state index in [0.717, 1.165) is 17.9 Å². The van der Waals surface area contributed by atoms with E-state index in [4.69, 9.17) is 0 Å². The highest BCUT2D eigenvalue weighted by molar-refractivity contribution is 5.18. The zero-order chi connectivity index (χ0) is 13.7. The van der Waals surface area contributed by atoms with Crippen LogP contribution < -0.4 is 4.90 Å². The van der Waals surface area contributed by atoms with E-state index < -0.39 is 11.6 Å². The minimum atomic E-state index is -0.459. The predicted molar refractivity (Wildman–Crippen MR) is 72.0 cm³/mol. The van der Waals surface area contributed by atoms with Gasteiger partial charge in [0.2, 0.25) is 0 Å². The van der Waals surface area contributed by atoms with Crippen LogP contribution in [0, 0.1) is 11.6 Å². The first-order chi connectivity index (χ1) is 9.16. The van der Waals surface area contributed by atoms with Gasteiger partial charge in [0.25, 0.3) is 0 Å². The normalized spacial score (nSPS) is 12.4. The lowest BCUT2D eigenvalue weighted by Crippen LogP contribution is -3.08. The van der Waals surface area contributed by atoms with Crippen molar-refractivity contribution in [1.29, 1.82) is 0 Å². The fourth-order valence-electron chi connectivity index (χ4n) is 2.09. The topological polar surface area (TPSA) is 4.44 Å². The molecule has 0 heterocycles. The monoisotopic (exact) mass is 262 g/mol. The Kier molecular flexibility index (Phi) is 4.63. The summed E-state index contributed by atoms with van der Waals surface area (Å²) in [4.78, 5) is 1.09. The summed E-state index contributed by atoms with van der Waals surface area (Å²) in [7, 11) is 1.95. The van der Waals surface area contributed by atoms with Crippen LogP contribution in [0.25, 0.3) is 0 Å². The third-order valence-electron chi connectivity index (χ3n) is 3.22. The lowest BCUT2D eigenvalue weighted by Gasteiger charge is -2.15. The number of benzene rings is 2. The first kappa shape index (κ1) is 13.7. The van der Waals surface area contributed by atoms with Crippen molar-refractivity contribution in [1.82, 2.24) is 0 Å². The van der Waals surface area contributed by atoms with Gasteiger partial charge in [-0.3, -0.25) is 0 Å². The molecule has 0 aliphatic rings. The van der Waals surface area contributed by atoms with Gasteiger partial charge >= 0.3 is 0 Å². The lowest BCUT2D eigenvalue weighted by molar-refractivity contribution is -0.893. The summed E-state index contributed by atoms with van der Waals surface area (Å²) in [6.45, 7) is 1.21. The van der Waals surface area contributed by atoms with Crippen LogP contribution in [0.4, 0.5) is 8.78 Å². The fourth-order valence-corrected chi connectivity index (χ4v) is 2.09. The number of nitrogens with one attached hydrogen (secondary N) is 1. The maximum absolute atomic E-state index is 13.5. The highest BCUT2D eigenvalue weighted by Gasteiger charge is 2.13. The molecule has 0 fully saturated rings. The minimum absolute atomic E-state index is 0.174. The van der Waals surface area contributed by atoms with Crippen molar-refractivity contribution >= 4 is 0 Å². The molecule has 0 bridgehead atoms. The Bertz CT molecular complexity index is 505. The Labute approximate surface area is 112 Å². The molecule has 100 valence electrons. The van der Waals surface area contributed by atoms with Crippen molar-refractivity contribution in [3.05, 3.63) is 71.3 Å². The first-order valence-corrected chi connectivity index (χ1v) is 6.45. The summed E-state index contributed by atoms with van der Waals surface area (Å²) in [6, 6.07) is 14.1. The second kappa shape index (κ2) is 6.43. The summed E-state index contributed by atoms with van der Waals surface area (Å²) < 4.78 is 27.0. The highest BCUT2D eigenvalue weighted by atomic mass is 19.1. The Hall–Kier alpha value is -1.74. The van der Waals surface area contributed by atoms with Gasteiger partial charge in [-0.05, 0) is 17.7 Å². The van der Waals surface area contributed by atoms with Crippen LogP contribution in [0.5, 0.6) is 0 Å². The molecular formula is C16H18F2N+. The molecule has 3 heteroatoms. The third-order valence-corrected chi connectivity index (χ3v) is 3.22. The van der Waals surface area contributed by atoms with Crippen molar-refractivity contribution < 1.29 is 13.7 Å². The van der Waals surface area contributed by atoms with Gasteiger partial charge in [0, 0.05) is 6.42 Å². The van der Waals surface area contributed by atoms with E-state index in [1.54, 1.807) is 0 Å². The largest absolute Gasteiger partial charge is 0.333 e. The molecule has 19 heavy (non-hydrogen) atoms. The molecule has 0 aromatic heterocycles. The molecule has 0 saturated carbocycles. The molecule has 0 amide bonds. The molecule has 2 aromatic rings. The number of hydrogen-bond acceptors (Lipinski definition) is 0. The number of hydrogen-bond donors (Lipinski definition) is 1. The summed E-state index contributed by atoms with van der Waals surface area (Å²) in [6.07, 6.45) is 0.906. The molecule has 1 atom stereocenters.